The van der Waals surface area contributed by atoms with Gasteiger partial charge in [0, 0.05) is 38.3 Å². The largest absolute Gasteiger partial charge is 0.353 e. The lowest BCUT2D eigenvalue weighted by molar-refractivity contribution is -0.117. The molecule has 23 heavy (non-hydrogen) atoms. The molecule has 0 spiro atoms. The number of carbonyl (C=O) groups is 1. The number of hydrazone groups is 1. The van der Waals surface area contributed by atoms with E-state index in [4.69, 9.17) is 0 Å². The Labute approximate surface area is 141 Å². The van der Waals surface area contributed by atoms with Crippen molar-refractivity contribution in [3.63, 3.8) is 0 Å². The van der Waals surface area contributed by atoms with Crippen molar-refractivity contribution in [2.24, 2.45) is 10.1 Å². The zero-order valence-electron chi connectivity index (χ0n) is 15.5. The fourth-order valence-electron chi connectivity index (χ4n) is 1.82. The third-order valence-corrected chi connectivity index (χ3v) is 3.24. The fourth-order valence-corrected chi connectivity index (χ4v) is 1.82. The van der Waals surface area contributed by atoms with Gasteiger partial charge in [-0.1, -0.05) is 18.6 Å². The fraction of sp³-hybridized carbons (Fsp3) is 0.611. The lowest BCUT2D eigenvalue weighted by atomic mass is 10.2. The highest BCUT2D eigenvalue weighted by atomic mass is 16.1. The highest BCUT2D eigenvalue weighted by molar-refractivity contribution is 6.04. The van der Waals surface area contributed by atoms with E-state index in [1.54, 1.807) is 6.92 Å². The summed E-state index contributed by atoms with van der Waals surface area (Å²) in [6.45, 7) is 11.9. The first kappa shape index (κ1) is 21.1. The summed E-state index contributed by atoms with van der Waals surface area (Å²) in [5.74, 6) is -0.0531. The molecule has 1 amide bonds. The molecule has 0 aliphatic carbocycles. The van der Waals surface area contributed by atoms with Crippen molar-refractivity contribution < 1.29 is 4.79 Å². The maximum atomic E-state index is 11.8. The van der Waals surface area contributed by atoms with E-state index in [0.29, 0.717) is 25.2 Å². The molecule has 0 heterocycles. The summed E-state index contributed by atoms with van der Waals surface area (Å²) in [6, 6.07) is 0. The highest BCUT2D eigenvalue weighted by Gasteiger charge is 2.05. The summed E-state index contributed by atoms with van der Waals surface area (Å²) in [5, 5.41) is 9.02. The monoisotopic (exact) mass is 320 g/mol. The molecule has 130 valence electrons. The van der Waals surface area contributed by atoms with Gasteiger partial charge in [0.2, 0.25) is 5.91 Å². The normalized spacial score (nSPS) is 13.6. The van der Waals surface area contributed by atoms with Crippen molar-refractivity contribution in [3.8, 4) is 0 Å². The summed E-state index contributed by atoms with van der Waals surface area (Å²) in [5.41, 5.74) is 2.89. The SMILES string of the molecule is CC/N=C(\C=C(/C)C(=O)NCC)CN(C)/N=C\C/C=C(/C)CC. The van der Waals surface area contributed by atoms with Gasteiger partial charge in [0.05, 0.1) is 12.3 Å². The van der Waals surface area contributed by atoms with E-state index >= 15 is 0 Å². The van der Waals surface area contributed by atoms with Gasteiger partial charge in [-0.25, -0.2) is 0 Å². The van der Waals surface area contributed by atoms with Crippen LogP contribution in [-0.4, -0.2) is 49.5 Å². The van der Waals surface area contributed by atoms with Gasteiger partial charge in [-0.2, -0.15) is 5.10 Å². The van der Waals surface area contributed by atoms with Crippen LogP contribution in [0.2, 0.25) is 0 Å². The van der Waals surface area contributed by atoms with E-state index in [9.17, 15) is 4.79 Å². The average molecular weight is 320 g/mol. The molecular formula is C18H32N4O. The molecule has 0 atom stereocenters. The number of nitrogens with one attached hydrogen (secondary N) is 1. The molecule has 0 aromatic carbocycles. The smallest absolute Gasteiger partial charge is 0.246 e. The molecule has 0 radical (unpaired) electrons. The standard InChI is InChI=1S/C18H32N4O/c1-7-15(4)11-10-12-21-22(6)14-17(19-8-2)13-16(5)18(23)20-9-3/h11-13H,7-10,14H2,1-6H3,(H,20,23)/b15-11-,16-13+,19-17+,21-12-. The van der Waals surface area contributed by atoms with Crippen LogP contribution in [0.3, 0.4) is 0 Å². The van der Waals surface area contributed by atoms with Crippen LogP contribution < -0.4 is 5.32 Å². The van der Waals surface area contributed by atoms with Crippen molar-refractivity contribution >= 4 is 17.8 Å². The van der Waals surface area contributed by atoms with Crippen molar-refractivity contribution in [2.75, 3.05) is 26.7 Å². The molecule has 0 aliphatic heterocycles. The summed E-state index contributed by atoms with van der Waals surface area (Å²) < 4.78 is 0. The van der Waals surface area contributed by atoms with E-state index < -0.39 is 0 Å². The summed E-state index contributed by atoms with van der Waals surface area (Å²) >= 11 is 0. The molecule has 5 nitrogen and oxygen atoms in total. The zero-order chi connectivity index (χ0) is 17.7. The molecule has 0 saturated heterocycles. The first-order chi connectivity index (χ1) is 10.9. The Morgan fingerprint density at radius 3 is 2.48 bits per heavy atom. The summed E-state index contributed by atoms with van der Waals surface area (Å²) in [6.07, 6.45) is 7.81. The predicted molar refractivity (Wildman–Crippen MR) is 100 cm³/mol. The molecule has 1 N–H and O–H groups in total. The number of aliphatic imine (C=N–C) groups is 1. The molecule has 0 unspecified atom stereocenters. The second kappa shape index (κ2) is 12.6. The number of hydrogen-bond donors (Lipinski definition) is 1. The zero-order valence-corrected chi connectivity index (χ0v) is 15.5. The van der Waals surface area contributed by atoms with E-state index in [0.717, 1.165) is 18.6 Å². The maximum absolute atomic E-state index is 11.8. The van der Waals surface area contributed by atoms with Crippen LogP contribution in [0.5, 0.6) is 0 Å². The van der Waals surface area contributed by atoms with Gasteiger partial charge in [0.15, 0.2) is 0 Å². The van der Waals surface area contributed by atoms with Crippen molar-refractivity contribution in [1.82, 2.24) is 10.3 Å². The van der Waals surface area contributed by atoms with Crippen LogP contribution in [0, 0.1) is 0 Å². The second-order valence-electron chi connectivity index (χ2n) is 5.41. The molecule has 0 saturated carbocycles. The Kier molecular flexibility index (Phi) is 11.6. The van der Waals surface area contributed by atoms with E-state index in [1.807, 2.05) is 38.2 Å². The minimum atomic E-state index is -0.0531. The summed E-state index contributed by atoms with van der Waals surface area (Å²) in [7, 11) is 1.91. The first-order valence-corrected chi connectivity index (χ1v) is 8.33. The number of hydrogen-bond acceptors (Lipinski definition) is 4. The Bertz CT molecular complexity index is 475. The number of amides is 1. The van der Waals surface area contributed by atoms with Crippen LogP contribution in [0.25, 0.3) is 0 Å². The van der Waals surface area contributed by atoms with Crippen molar-refractivity contribution in [1.29, 1.82) is 0 Å². The molecule has 0 fully saturated rings. The lowest BCUT2D eigenvalue weighted by Gasteiger charge is -2.13. The van der Waals surface area contributed by atoms with Gasteiger partial charge in [0.25, 0.3) is 0 Å². The molecule has 0 aromatic rings. The van der Waals surface area contributed by atoms with Gasteiger partial charge in [0.1, 0.15) is 0 Å². The minimum Gasteiger partial charge on any atom is -0.353 e. The molecule has 0 rings (SSSR count). The Hall–Kier alpha value is -1.91. The molecular weight excluding hydrogens is 288 g/mol. The van der Waals surface area contributed by atoms with Gasteiger partial charge in [-0.3, -0.25) is 14.8 Å². The number of nitrogens with zero attached hydrogens (tertiary/aromatic N) is 3. The molecule has 5 heteroatoms. The third-order valence-electron chi connectivity index (χ3n) is 3.24. The van der Waals surface area contributed by atoms with Crippen LogP contribution in [0.4, 0.5) is 0 Å². The molecule has 0 aromatic heterocycles. The topological polar surface area (TPSA) is 57.1 Å². The van der Waals surface area contributed by atoms with Gasteiger partial charge in [-0.15, -0.1) is 0 Å². The van der Waals surface area contributed by atoms with Gasteiger partial charge >= 0.3 is 0 Å². The lowest BCUT2D eigenvalue weighted by Crippen LogP contribution is -2.25. The van der Waals surface area contributed by atoms with Crippen LogP contribution in [-0.2, 0) is 4.79 Å². The number of carbonyl (C=O) groups excluding carboxylic acids is 1. The quantitative estimate of drug-likeness (QED) is 0.291. The molecule has 0 aliphatic rings. The number of likely N-dealkylation sites (N-methyl/N-ethyl adjacent to an activating group) is 1. The average Bonchev–Trinajstić information content (AvgIpc) is 2.51. The Morgan fingerprint density at radius 1 is 1.22 bits per heavy atom. The Balaban J connectivity index is 4.70. The second-order valence-corrected chi connectivity index (χ2v) is 5.41. The van der Waals surface area contributed by atoms with Crippen molar-refractivity contribution in [2.45, 2.75) is 47.5 Å². The Morgan fingerprint density at radius 2 is 1.91 bits per heavy atom. The maximum Gasteiger partial charge on any atom is 0.246 e. The van der Waals surface area contributed by atoms with Crippen LogP contribution >= 0.6 is 0 Å². The highest BCUT2D eigenvalue weighted by Crippen LogP contribution is 2.00. The number of allylic oxidation sites excluding steroid dienone is 2. The number of rotatable bonds is 10. The third kappa shape index (κ3) is 10.4. The minimum absolute atomic E-state index is 0.0531. The summed E-state index contributed by atoms with van der Waals surface area (Å²) in [4.78, 5) is 16.2. The first-order valence-electron chi connectivity index (χ1n) is 8.33. The predicted octanol–water partition coefficient (Wildman–Crippen LogP) is 3.19. The van der Waals surface area contributed by atoms with Crippen LogP contribution in [0.1, 0.15) is 47.5 Å². The van der Waals surface area contributed by atoms with Crippen molar-refractivity contribution in [3.05, 3.63) is 23.3 Å². The van der Waals surface area contributed by atoms with Gasteiger partial charge in [-0.05, 0) is 40.2 Å². The molecule has 0 bridgehead atoms. The van der Waals surface area contributed by atoms with Crippen LogP contribution in [0.15, 0.2) is 33.4 Å². The van der Waals surface area contributed by atoms with E-state index in [-0.39, 0.29) is 5.91 Å². The van der Waals surface area contributed by atoms with E-state index in [1.165, 1.54) is 5.57 Å². The van der Waals surface area contributed by atoms with Gasteiger partial charge < -0.3 is 5.32 Å². The van der Waals surface area contributed by atoms with E-state index in [2.05, 4.69) is 35.3 Å².